The maximum Gasteiger partial charge on any atom is 0.143 e. The van der Waals surface area contributed by atoms with Crippen LogP contribution in [-0.2, 0) is 4.57 Å². The van der Waals surface area contributed by atoms with Crippen LogP contribution < -0.4 is 10.6 Å². The van der Waals surface area contributed by atoms with Gasteiger partial charge in [0, 0.05) is 21.8 Å². The molecule has 0 amide bonds. The first-order chi connectivity index (χ1) is 12.7. The van der Waals surface area contributed by atoms with Crippen LogP contribution in [0.15, 0.2) is 54.6 Å². The third-order valence-corrected chi connectivity index (χ3v) is 8.46. The lowest BCUT2D eigenvalue weighted by Gasteiger charge is -2.19. The van der Waals surface area contributed by atoms with Crippen LogP contribution in [-0.4, -0.2) is 6.16 Å². The second kappa shape index (κ2) is 11.6. The van der Waals surface area contributed by atoms with E-state index in [1.165, 1.54) is 44.9 Å². The third kappa shape index (κ3) is 6.60. The average Bonchev–Trinajstić information content (AvgIpc) is 2.67. The first-order valence-electron chi connectivity index (χ1n) is 10.1. The second-order valence-corrected chi connectivity index (χ2v) is 10.5. The largest absolute Gasteiger partial charge is 0.314 e. The molecule has 1 nitrogen and oxygen atoms in total. The van der Waals surface area contributed by atoms with E-state index in [9.17, 15) is 4.57 Å². The van der Waals surface area contributed by atoms with Crippen molar-refractivity contribution in [2.24, 2.45) is 0 Å². The Morgan fingerprint density at radius 2 is 1.19 bits per heavy atom. The molecule has 0 spiro atoms. The number of unbranched alkanes of at least 4 members (excludes halogenated alkanes) is 8. The smallest absolute Gasteiger partial charge is 0.143 e. The number of hydrogen-bond donors (Lipinski definition) is 0. The Balaban J connectivity index is 1.90. The topological polar surface area (TPSA) is 17.1 Å². The molecule has 0 aliphatic heterocycles. The van der Waals surface area contributed by atoms with E-state index in [0.717, 1.165) is 29.6 Å². The summed E-state index contributed by atoms with van der Waals surface area (Å²) in [4.78, 5) is 0. The summed E-state index contributed by atoms with van der Waals surface area (Å²) in [5, 5.41) is 2.57. The van der Waals surface area contributed by atoms with Crippen molar-refractivity contribution in [2.45, 2.75) is 64.7 Å². The van der Waals surface area contributed by atoms with Gasteiger partial charge in [0.15, 0.2) is 0 Å². The average molecular weight is 391 g/mol. The number of halogens is 1. The monoisotopic (exact) mass is 390 g/mol. The molecule has 2 aromatic rings. The Hall–Kier alpha value is -1.04. The highest BCUT2D eigenvalue weighted by atomic mass is 35.5. The van der Waals surface area contributed by atoms with Crippen molar-refractivity contribution in [3.05, 3.63) is 59.6 Å². The van der Waals surface area contributed by atoms with Crippen molar-refractivity contribution in [2.75, 3.05) is 6.16 Å². The predicted molar refractivity (Wildman–Crippen MR) is 117 cm³/mol. The van der Waals surface area contributed by atoms with Gasteiger partial charge in [0.2, 0.25) is 0 Å². The fourth-order valence-electron chi connectivity index (χ4n) is 3.40. The predicted octanol–water partition coefficient (Wildman–Crippen LogP) is 7.18. The normalized spacial score (nSPS) is 13.5. The van der Waals surface area contributed by atoms with Gasteiger partial charge in [-0.05, 0) is 30.7 Å². The van der Waals surface area contributed by atoms with Crippen molar-refractivity contribution >= 4 is 29.4 Å². The van der Waals surface area contributed by atoms with Crippen LogP contribution >= 0.6 is 18.7 Å². The van der Waals surface area contributed by atoms with E-state index in [0.29, 0.717) is 5.02 Å². The molecule has 1 unspecified atom stereocenters. The molecule has 0 radical (unpaired) electrons. The molecule has 0 saturated carbocycles. The lowest BCUT2D eigenvalue weighted by Crippen LogP contribution is -2.18. The minimum absolute atomic E-state index is 0.691. The molecule has 2 aromatic carbocycles. The Morgan fingerprint density at radius 1 is 0.692 bits per heavy atom. The van der Waals surface area contributed by atoms with Crippen LogP contribution in [0.4, 0.5) is 0 Å². The van der Waals surface area contributed by atoms with Gasteiger partial charge in [-0.15, -0.1) is 0 Å². The van der Waals surface area contributed by atoms with Gasteiger partial charge in [-0.25, -0.2) is 0 Å². The van der Waals surface area contributed by atoms with Crippen molar-refractivity contribution < 1.29 is 4.57 Å². The van der Waals surface area contributed by atoms with Crippen LogP contribution in [0.5, 0.6) is 0 Å². The Bertz CT molecular complexity index is 666. The van der Waals surface area contributed by atoms with Crippen LogP contribution in [0.25, 0.3) is 0 Å². The number of rotatable bonds is 12. The number of benzene rings is 2. The highest BCUT2D eigenvalue weighted by Gasteiger charge is 2.26. The molecule has 0 aromatic heterocycles. The molecule has 0 fully saturated rings. The van der Waals surface area contributed by atoms with E-state index in [1.807, 2.05) is 54.6 Å². The van der Waals surface area contributed by atoms with E-state index in [-0.39, 0.29) is 0 Å². The minimum Gasteiger partial charge on any atom is -0.314 e. The molecular weight excluding hydrogens is 359 g/mol. The minimum atomic E-state index is -2.57. The van der Waals surface area contributed by atoms with Gasteiger partial charge in [-0.3, -0.25) is 0 Å². The zero-order chi connectivity index (χ0) is 18.7. The van der Waals surface area contributed by atoms with E-state index < -0.39 is 7.14 Å². The summed E-state index contributed by atoms with van der Waals surface area (Å²) in [5.41, 5.74) is 0. The van der Waals surface area contributed by atoms with E-state index in [4.69, 9.17) is 11.6 Å². The summed E-state index contributed by atoms with van der Waals surface area (Å²) in [6, 6.07) is 17.5. The molecule has 0 N–H and O–H groups in total. The molecular formula is C23H32ClOP. The Labute approximate surface area is 164 Å². The number of hydrogen-bond acceptors (Lipinski definition) is 1. The zero-order valence-corrected chi connectivity index (χ0v) is 17.7. The summed E-state index contributed by atoms with van der Waals surface area (Å²) >= 11 is 6.03. The van der Waals surface area contributed by atoms with Crippen LogP contribution in [0.1, 0.15) is 64.7 Å². The molecule has 0 heterocycles. The molecule has 0 bridgehead atoms. The standard InChI is InChI=1S/C23H32ClOP/c1-2-3-4-5-6-7-8-9-13-20-26(25,22-14-11-10-12-15-22)23-18-16-21(24)17-19-23/h10-12,14-19H,2-9,13,20H2,1H3. The third-order valence-electron chi connectivity index (χ3n) is 4.99. The van der Waals surface area contributed by atoms with Crippen molar-refractivity contribution in [3.63, 3.8) is 0 Å². The molecule has 0 saturated heterocycles. The fraction of sp³-hybridized carbons (Fsp3) is 0.478. The molecule has 3 heteroatoms. The Morgan fingerprint density at radius 3 is 1.77 bits per heavy atom. The summed E-state index contributed by atoms with van der Waals surface area (Å²) in [6.07, 6.45) is 12.2. The second-order valence-electron chi connectivity index (χ2n) is 7.10. The summed E-state index contributed by atoms with van der Waals surface area (Å²) in [6.45, 7) is 2.26. The first-order valence-corrected chi connectivity index (χ1v) is 12.3. The van der Waals surface area contributed by atoms with Crippen LogP contribution in [0.3, 0.4) is 0 Å². The van der Waals surface area contributed by atoms with Crippen molar-refractivity contribution in [3.8, 4) is 0 Å². The van der Waals surface area contributed by atoms with Crippen molar-refractivity contribution in [1.82, 2.24) is 0 Å². The Kier molecular flexibility index (Phi) is 9.51. The summed E-state index contributed by atoms with van der Waals surface area (Å²) in [5.74, 6) is 0. The molecule has 142 valence electrons. The molecule has 26 heavy (non-hydrogen) atoms. The van der Waals surface area contributed by atoms with Gasteiger partial charge in [-0.2, -0.15) is 0 Å². The van der Waals surface area contributed by atoms with Gasteiger partial charge in [0.1, 0.15) is 7.14 Å². The van der Waals surface area contributed by atoms with Gasteiger partial charge >= 0.3 is 0 Å². The maximum atomic E-state index is 13.9. The lowest BCUT2D eigenvalue weighted by molar-refractivity contribution is 0.566. The highest BCUT2D eigenvalue weighted by molar-refractivity contribution is 7.78. The molecule has 1 atom stereocenters. The van der Waals surface area contributed by atoms with Gasteiger partial charge in [0.05, 0.1) is 0 Å². The lowest BCUT2D eigenvalue weighted by atomic mass is 10.1. The molecule has 2 rings (SSSR count). The fourth-order valence-corrected chi connectivity index (χ4v) is 6.30. The summed E-state index contributed by atoms with van der Waals surface area (Å²) < 4.78 is 13.9. The van der Waals surface area contributed by atoms with Gasteiger partial charge < -0.3 is 4.57 Å². The van der Waals surface area contributed by atoms with Gasteiger partial charge in [0.25, 0.3) is 0 Å². The summed E-state index contributed by atoms with van der Waals surface area (Å²) in [7, 11) is -2.57. The van der Waals surface area contributed by atoms with Crippen molar-refractivity contribution in [1.29, 1.82) is 0 Å². The SMILES string of the molecule is CCCCCCCCCCCP(=O)(c1ccccc1)c1ccc(Cl)cc1. The highest BCUT2D eigenvalue weighted by Crippen LogP contribution is 2.44. The van der Waals surface area contributed by atoms with E-state index in [2.05, 4.69) is 6.92 Å². The van der Waals surface area contributed by atoms with E-state index in [1.54, 1.807) is 0 Å². The van der Waals surface area contributed by atoms with E-state index >= 15 is 0 Å². The van der Waals surface area contributed by atoms with Gasteiger partial charge in [-0.1, -0.05) is 100 Å². The first kappa shape index (κ1) is 21.3. The molecule has 0 aliphatic carbocycles. The zero-order valence-electron chi connectivity index (χ0n) is 16.0. The quantitative estimate of drug-likeness (QED) is 0.277. The molecule has 0 aliphatic rings. The van der Waals surface area contributed by atoms with Crippen LogP contribution in [0, 0.1) is 0 Å². The van der Waals surface area contributed by atoms with Crippen LogP contribution in [0.2, 0.25) is 5.02 Å². The maximum absolute atomic E-state index is 13.9.